The van der Waals surface area contributed by atoms with Gasteiger partial charge in [0, 0.05) is 6.42 Å². The maximum atomic E-state index is 9.02. The van der Waals surface area contributed by atoms with Crippen LogP contribution in [0.15, 0.2) is 0 Å². The van der Waals surface area contributed by atoms with E-state index >= 15 is 0 Å². The molecule has 0 saturated carbocycles. The molecule has 1 heterocycles. The first kappa shape index (κ1) is 6.99. The van der Waals surface area contributed by atoms with Crippen molar-refractivity contribution in [3.8, 4) is 0 Å². The highest BCUT2D eigenvalue weighted by Gasteiger charge is 2.25. The Bertz CT molecular complexity index is 94.3. The van der Waals surface area contributed by atoms with E-state index in [1.54, 1.807) is 0 Å². The van der Waals surface area contributed by atoms with Crippen LogP contribution in [0, 0.1) is 0 Å². The number of rotatable bonds is 0. The minimum absolute atomic E-state index is 0.0865. The molecule has 3 atom stereocenters. The summed E-state index contributed by atoms with van der Waals surface area (Å²) >= 11 is 0. The number of hydrogen-bond donors (Lipinski definition) is 2. The monoisotopic (exact) mass is 132 g/mol. The molecular formula is C6H12O3. The van der Waals surface area contributed by atoms with E-state index in [0.717, 1.165) is 0 Å². The summed E-state index contributed by atoms with van der Waals surface area (Å²) in [6.45, 7) is 2.15. The summed E-state index contributed by atoms with van der Waals surface area (Å²) in [6.07, 6.45) is -0.639. The van der Waals surface area contributed by atoms with Crippen LogP contribution in [0.2, 0.25) is 0 Å². The second-order valence-electron chi connectivity index (χ2n) is 2.51. The van der Waals surface area contributed by atoms with Crippen molar-refractivity contribution in [2.45, 2.75) is 31.7 Å². The van der Waals surface area contributed by atoms with E-state index in [4.69, 9.17) is 14.9 Å². The Balaban J connectivity index is 2.35. The quantitative estimate of drug-likeness (QED) is 0.468. The van der Waals surface area contributed by atoms with E-state index in [9.17, 15) is 0 Å². The Kier molecular flexibility index (Phi) is 2.05. The standard InChI is InChI=1S/C6H12O3/c1-4-2-5(7)6(8)3-9-4/h4-8H,2-3H2,1H3/t4-,5+,6+/m1/s1. The summed E-state index contributed by atoms with van der Waals surface area (Å²) in [6, 6.07) is 0. The van der Waals surface area contributed by atoms with Crippen LogP contribution in [0.5, 0.6) is 0 Å². The second-order valence-corrected chi connectivity index (χ2v) is 2.51. The molecule has 0 aromatic rings. The van der Waals surface area contributed by atoms with Gasteiger partial charge in [0.05, 0.1) is 18.8 Å². The fourth-order valence-electron chi connectivity index (χ4n) is 0.939. The minimum Gasteiger partial charge on any atom is -0.390 e. The van der Waals surface area contributed by atoms with Crippen LogP contribution in [0.4, 0.5) is 0 Å². The van der Waals surface area contributed by atoms with Crippen molar-refractivity contribution in [1.82, 2.24) is 0 Å². The number of aliphatic hydroxyl groups excluding tert-OH is 2. The van der Waals surface area contributed by atoms with Crippen molar-refractivity contribution in [3.05, 3.63) is 0 Å². The van der Waals surface area contributed by atoms with Gasteiger partial charge in [0.25, 0.3) is 0 Å². The summed E-state index contributed by atoms with van der Waals surface area (Å²) in [5.41, 5.74) is 0. The van der Waals surface area contributed by atoms with Crippen molar-refractivity contribution >= 4 is 0 Å². The molecular weight excluding hydrogens is 120 g/mol. The van der Waals surface area contributed by atoms with E-state index in [-0.39, 0.29) is 12.7 Å². The van der Waals surface area contributed by atoms with Crippen LogP contribution in [0.25, 0.3) is 0 Å². The molecule has 1 fully saturated rings. The number of ether oxygens (including phenoxy) is 1. The molecule has 3 heteroatoms. The van der Waals surface area contributed by atoms with E-state index in [2.05, 4.69) is 0 Å². The molecule has 0 aromatic heterocycles. The third-order valence-electron chi connectivity index (χ3n) is 1.57. The fourth-order valence-corrected chi connectivity index (χ4v) is 0.939. The molecule has 3 nitrogen and oxygen atoms in total. The molecule has 0 radical (unpaired) electrons. The van der Waals surface area contributed by atoms with Gasteiger partial charge in [0.1, 0.15) is 6.10 Å². The van der Waals surface area contributed by atoms with Crippen molar-refractivity contribution < 1.29 is 14.9 Å². The summed E-state index contributed by atoms with van der Waals surface area (Å²) in [5, 5.41) is 17.9. The molecule has 2 N–H and O–H groups in total. The smallest absolute Gasteiger partial charge is 0.103 e. The topological polar surface area (TPSA) is 49.7 Å². The minimum atomic E-state index is -0.679. The highest BCUT2D eigenvalue weighted by molar-refractivity contribution is 4.74. The van der Waals surface area contributed by atoms with Gasteiger partial charge in [-0.2, -0.15) is 0 Å². The van der Waals surface area contributed by atoms with Gasteiger partial charge in [0.15, 0.2) is 0 Å². The van der Waals surface area contributed by atoms with Crippen molar-refractivity contribution in [2.24, 2.45) is 0 Å². The zero-order chi connectivity index (χ0) is 6.85. The lowest BCUT2D eigenvalue weighted by molar-refractivity contribution is -0.115. The van der Waals surface area contributed by atoms with Gasteiger partial charge in [-0.05, 0) is 6.92 Å². The third-order valence-corrected chi connectivity index (χ3v) is 1.57. The second kappa shape index (κ2) is 2.64. The zero-order valence-corrected chi connectivity index (χ0v) is 5.45. The van der Waals surface area contributed by atoms with E-state index < -0.39 is 12.2 Å². The van der Waals surface area contributed by atoms with E-state index in [1.165, 1.54) is 0 Å². The van der Waals surface area contributed by atoms with E-state index in [1.807, 2.05) is 6.92 Å². The van der Waals surface area contributed by atoms with Crippen molar-refractivity contribution in [3.63, 3.8) is 0 Å². The zero-order valence-electron chi connectivity index (χ0n) is 5.45. The normalized spacial score (nSPS) is 45.0. The Morgan fingerprint density at radius 1 is 1.33 bits per heavy atom. The summed E-state index contributed by atoms with van der Waals surface area (Å²) in [5.74, 6) is 0. The fraction of sp³-hybridized carbons (Fsp3) is 1.00. The predicted molar refractivity (Wildman–Crippen MR) is 32.0 cm³/mol. The van der Waals surface area contributed by atoms with Gasteiger partial charge >= 0.3 is 0 Å². The Hall–Kier alpha value is -0.120. The average molecular weight is 132 g/mol. The number of hydrogen-bond acceptors (Lipinski definition) is 3. The highest BCUT2D eigenvalue weighted by atomic mass is 16.5. The summed E-state index contributed by atoms with van der Waals surface area (Å²) < 4.78 is 5.05. The lowest BCUT2D eigenvalue weighted by atomic mass is 10.1. The first-order valence-electron chi connectivity index (χ1n) is 3.18. The van der Waals surface area contributed by atoms with Crippen molar-refractivity contribution in [2.75, 3.05) is 6.61 Å². The van der Waals surface area contributed by atoms with Gasteiger partial charge in [-0.25, -0.2) is 0 Å². The SMILES string of the molecule is C[C@@H]1C[C@H](O)[C@@H](O)CO1. The average Bonchev–Trinajstić information content (AvgIpc) is 1.80. The summed E-state index contributed by atoms with van der Waals surface area (Å²) in [4.78, 5) is 0. The first-order valence-corrected chi connectivity index (χ1v) is 3.18. The lowest BCUT2D eigenvalue weighted by Crippen LogP contribution is -2.39. The molecule has 0 aliphatic carbocycles. The van der Waals surface area contributed by atoms with Crippen LogP contribution in [-0.4, -0.2) is 35.1 Å². The van der Waals surface area contributed by atoms with Gasteiger partial charge in [0.2, 0.25) is 0 Å². The molecule has 0 amide bonds. The molecule has 0 bridgehead atoms. The number of aliphatic hydroxyl groups is 2. The Morgan fingerprint density at radius 3 is 2.44 bits per heavy atom. The molecule has 1 rings (SSSR count). The van der Waals surface area contributed by atoms with Gasteiger partial charge in [-0.15, -0.1) is 0 Å². The van der Waals surface area contributed by atoms with Crippen LogP contribution in [-0.2, 0) is 4.74 Å². The molecule has 0 aromatic carbocycles. The Morgan fingerprint density at radius 2 is 2.00 bits per heavy atom. The highest BCUT2D eigenvalue weighted by Crippen LogP contribution is 2.12. The molecule has 54 valence electrons. The first-order chi connectivity index (χ1) is 4.20. The maximum absolute atomic E-state index is 9.02. The third kappa shape index (κ3) is 1.64. The molecule has 0 unspecified atom stereocenters. The van der Waals surface area contributed by atoms with Gasteiger partial charge in [-0.1, -0.05) is 0 Å². The lowest BCUT2D eigenvalue weighted by Gasteiger charge is -2.27. The predicted octanol–water partition coefficient (Wildman–Crippen LogP) is -0.483. The molecule has 9 heavy (non-hydrogen) atoms. The van der Waals surface area contributed by atoms with Crippen molar-refractivity contribution in [1.29, 1.82) is 0 Å². The van der Waals surface area contributed by atoms with Gasteiger partial charge < -0.3 is 14.9 Å². The molecule has 1 aliphatic heterocycles. The Labute approximate surface area is 54.3 Å². The maximum Gasteiger partial charge on any atom is 0.103 e. The van der Waals surface area contributed by atoms with Crippen LogP contribution >= 0.6 is 0 Å². The molecule has 1 aliphatic rings. The summed E-state index contributed by atoms with van der Waals surface area (Å²) in [7, 11) is 0. The van der Waals surface area contributed by atoms with Crippen LogP contribution in [0.1, 0.15) is 13.3 Å². The van der Waals surface area contributed by atoms with Crippen LogP contribution in [0.3, 0.4) is 0 Å². The largest absolute Gasteiger partial charge is 0.390 e. The molecule has 0 spiro atoms. The van der Waals surface area contributed by atoms with Crippen LogP contribution < -0.4 is 0 Å². The van der Waals surface area contributed by atoms with Gasteiger partial charge in [-0.3, -0.25) is 0 Å². The molecule has 1 saturated heterocycles. The van der Waals surface area contributed by atoms with E-state index in [0.29, 0.717) is 6.42 Å².